The van der Waals surface area contributed by atoms with Crippen LogP contribution < -0.4 is 19.7 Å². The Balaban J connectivity index is 1.69. The van der Waals surface area contributed by atoms with Crippen LogP contribution in [0.2, 0.25) is 0 Å². The molecule has 1 aliphatic carbocycles. The average molecular weight is 520 g/mol. The Morgan fingerprint density at radius 2 is 1.84 bits per heavy atom. The zero-order valence-electron chi connectivity index (χ0n) is 22.8. The van der Waals surface area contributed by atoms with Gasteiger partial charge in [-0.05, 0) is 66.0 Å². The van der Waals surface area contributed by atoms with Gasteiger partial charge in [0.1, 0.15) is 16.5 Å². The summed E-state index contributed by atoms with van der Waals surface area (Å²) in [6, 6.07) is 13.6. The summed E-state index contributed by atoms with van der Waals surface area (Å²) < 4.78 is 10.8. The summed E-state index contributed by atoms with van der Waals surface area (Å²) in [5.74, 6) is 1.63. The number of carbonyl (C=O) groups is 1. The van der Waals surface area contributed by atoms with Gasteiger partial charge in [0, 0.05) is 36.9 Å². The summed E-state index contributed by atoms with van der Waals surface area (Å²) in [7, 11) is 7.23. The Kier molecular flexibility index (Phi) is 7.93. The highest BCUT2D eigenvalue weighted by Gasteiger charge is 2.33. The lowest BCUT2D eigenvalue weighted by molar-refractivity contribution is 0.102. The SMILES string of the molecule is COc1ccc(NC(=O)c2c(N=Cc3ccc(N(C)C)cc3)sc3c2CCC(C(C)(C)C)C3)c(OC)c1. The molecule has 1 N–H and O–H groups in total. The van der Waals surface area contributed by atoms with Crippen molar-refractivity contribution in [3.63, 3.8) is 0 Å². The molecule has 37 heavy (non-hydrogen) atoms. The third-order valence-electron chi connectivity index (χ3n) is 7.10. The normalized spacial score (nSPS) is 15.4. The average Bonchev–Trinajstić information content (AvgIpc) is 3.25. The van der Waals surface area contributed by atoms with Gasteiger partial charge in [-0.25, -0.2) is 4.99 Å². The molecule has 2 aromatic carbocycles. The maximum absolute atomic E-state index is 13.7. The number of nitrogens with zero attached hydrogens (tertiary/aromatic N) is 2. The van der Waals surface area contributed by atoms with Crippen molar-refractivity contribution >= 4 is 39.8 Å². The van der Waals surface area contributed by atoms with E-state index < -0.39 is 0 Å². The first-order chi connectivity index (χ1) is 17.6. The van der Waals surface area contributed by atoms with Crippen LogP contribution in [0, 0.1) is 11.3 Å². The highest BCUT2D eigenvalue weighted by atomic mass is 32.1. The lowest BCUT2D eigenvalue weighted by atomic mass is 9.72. The first-order valence-electron chi connectivity index (χ1n) is 12.6. The molecule has 196 valence electrons. The molecule has 6 nitrogen and oxygen atoms in total. The van der Waals surface area contributed by atoms with Crippen LogP contribution in [0.25, 0.3) is 0 Å². The number of thiophene rings is 1. The molecule has 1 heterocycles. The second-order valence-corrected chi connectivity index (χ2v) is 11.8. The molecular weight excluding hydrogens is 482 g/mol. The molecular formula is C30H37N3O3S. The highest BCUT2D eigenvalue weighted by Crippen LogP contribution is 2.45. The highest BCUT2D eigenvalue weighted by molar-refractivity contribution is 7.16. The van der Waals surface area contributed by atoms with Gasteiger partial charge in [-0.1, -0.05) is 32.9 Å². The minimum absolute atomic E-state index is 0.162. The minimum atomic E-state index is -0.162. The first-order valence-corrected chi connectivity index (χ1v) is 13.4. The number of anilines is 2. The van der Waals surface area contributed by atoms with Crippen LogP contribution in [-0.2, 0) is 12.8 Å². The molecule has 1 amide bonds. The second-order valence-electron chi connectivity index (χ2n) is 10.8. The van der Waals surface area contributed by atoms with Crippen LogP contribution in [0.15, 0.2) is 47.5 Å². The summed E-state index contributed by atoms with van der Waals surface area (Å²) >= 11 is 1.65. The predicted molar refractivity (Wildman–Crippen MR) is 155 cm³/mol. The number of rotatable bonds is 7. The van der Waals surface area contributed by atoms with E-state index in [0.29, 0.717) is 28.7 Å². The van der Waals surface area contributed by atoms with Crippen molar-refractivity contribution in [2.24, 2.45) is 16.3 Å². The molecule has 7 heteroatoms. The second kappa shape index (κ2) is 11.0. The Morgan fingerprint density at radius 1 is 1.11 bits per heavy atom. The molecule has 0 bridgehead atoms. The molecule has 0 aliphatic heterocycles. The fourth-order valence-electron chi connectivity index (χ4n) is 4.71. The summed E-state index contributed by atoms with van der Waals surface area (Å²) in [5, 5.41) is 3.82. The number of benzene rings is 2. The van der Waals surface area contributed by atoms with Gasteiger partial charge in [0.25, 0.3) is 5.91 Å². The van der Waals surface area contributed by atoms with E-state index in [1.54, 1.807) is 37.7 Å². The maximum Gasteiger partial charge on any atom is 0.259 e. The third-order valence-corrected chi connectivity index (χ3v) is 8.26. The van der Waals surface area contributed by atoms with E-state index in [0.717, 1.165) is 41.1 Å². The van der Waals surface area contributed by atoms with Crippen molar-refractivity contribution in [1.29, 1.82) is 0 Å². The van der Waals surface area contributed by atoms with Crippen molar-refractivity contribution < 1.29 is 14.3 Å². The van der Waals surface area contributed by atoms with Crippen LogP contribution >= 0.6 is 11.3 Å². The molecule has 4 rings (SSSR count). The number of carbonyl (C=O) groups excluding carboxylic acids is 1. The Morgan fingerprint density at radius 3 is 2.46 bits per heavy atom. The lowest BCUT2D eigenvalue weighted by Gasteiger charge is -2.33. The van der Waals surface area contributed by atoms with E-state index in [1.165, 1.54) is 4.88 Å². The topological polar surface area (TPSA) is 63.2 Å². The summed E-state index contributed by atoms with van der Waals surface area (Å²) in [6.07, 6.45) is 4.77. The molecule has 3 aromatic rings. The Labute approximate surface area is 224 Å². The van der Waals surface area contributed by atoms with Crippen molar-refractivity contribution in [2.45, 2.75) is 40.0 Å². The third kappa shape index (κ3) is 5.99. The molecule has 0 saturated carbocycles. The molecule has 0 spiro atoms. The van der Waals surface area contributed by atoms with E-state index >= 15 is 0 Å². The largest absolute Gasteiger partial charge is 0.497 e. The number of fused-ring (bicyclic) bond motifs is 1. The van der Waals surface area contributed by atoms with Crippen molar-refractivity contribution in [3.05, 3.63) is 64.0 Å². The molecule has 0 saturated heterocycles. The van der Waals surface area contributed by atoms with Gasteiger partial charge < -0.3 is 19.7 Å². The molecule has 0 radical (unpaired) electrons. The monoisotopic (exact) mass is 519 g/mol. The zero-order chi connectivity index (χ0) is 26.7. The molecule has 1 aromatic heterocycles. The summed E-state index contributed by atoms with van der Waals surface area (Å²) in [6.45, 7) is 6.91. The molecule has 1 unspecified atom stereocenters. The van der Waals surface area contributed by atoms with E-state index in [-0.39, 0.29) is 11.3 Å². The number of methoxy groups -OCH3 is 2. The van der Waals surface area contributed by atoms with E-state index in [4.69, 9.17) is 14.5 Å². The van der Waals surface area contributed by atoms with E-state index in [2.05, 4.69) is 43.1 Å². The number of amides is 1. The van der Waals surface area contributed by atoms with E-state index in [1.807, 2.05) is 38.5 Å². The number of aliphatic imine (C=N–C) groups is 1. The standard InChI is InChI=1S/C30H37N3O3S/c1-30(2,3)20-10-14-23-26(16-20)37-29(31-18-19-8-11-21(12-9-19)33(4)5)27(23)28(34)32-24-15-13-22(35-6)17-25(24)36-7/h8-9,11-13,15,17-18,20H,10,14,16H2,1-7H3,(H,32,34). The molecule has 0 fully saturated rings. The Bertz CT molecular complexity index is 1290. The van der Waals surface area contributed by atoms with Gasteiger partial charge in [-0.2, -0.15) is 0 Å². The van der Waals surface area contributed by atoms with Gasteiger partial charge in [0.2, 0.25) is 0 Å². The number of ether oxygens (including phenoxy) is 2. The quantitative estimate of drug-likeness (QED) is 0.342. The smallest absolute Gasteiger partial charge is 0.259 e. The van der Waals surface area contributed by atoms with Crippen molar-refractivity contribution in [2.75, 3.05) is 38.5 Å². The molecule has 1 atom stereocenters. The van der Waals surface area contributed by atoms with Crippen LogP contribution in [0.3, 0.4) is 0 Å². The van der Waals surface area contributed by atoms with E-state index in [9.17, 15) is 4.79 Å². The van der Waals surface area contributed by atoms with Gasteiger partial charge in [-0.15, -0.1) is 11.3 Å². The first kappa shape index (κ1) is 26.7. The van der Waals surface area contributed by atoms with Crippen molar-refractivity contribution in [1.82, 2.24) is 0 Å². The minimum Gasteiger partial charge on any atom is -0.497 e. The zero-order valence-corrected chi connectivity index (χ0v) is 23.7. The van der Waals surface area contributed by atoms with Crippen LogP contribution in [-0.4, -0.2) is 40.4 Å². The number of nitrogens with one attached hydrogen (secondary N) is 1. The summed E-state index contributed by atoms with van der Waals surface area (Å²) in [5.41, 5.74) is 4.75. The van der Waals surface area contributed by atoms with Crippen LogP contribution in [0.5, 0.6) is 11.5 Å². The van der Waals surface area contributed by atoms with Crippen LogP contribution in [0.1, 0.15) is 53.6 Å². The number of hydrogen-bond donors (Lipinski definition) is 1. The van der Waals surface area contributed by atoms with Gasteiger partial charge in [-0.3, -0.25) is 4.79 Å². The van der Waals surface area contributed by atoms with Gasteiger partial charge >= 0.3 is 0 Å². The Hall–Kier alpha value is -3.32. The number of hydrogen-bond acceptors (Lipinski definition) is 6. The van der Waals surface area contributed by atoms with Crippen LogP contribution in [0.4, 0.5) is 16.4 Å². The fraction of sp³-hybridized carbons (Fsp3) is 0.400. The van der Waals surface area contributed by atoms with Crippen molar-refractivity contribution in [3.8, 4) is 11.5 Å². The molecule has 1 aliphatic rings. The van der Waals surface area contributed by atoms with Gasteiger partial charge in [0.15, 0.2) is 0 Å². The maximum atomic E-state index is 13.7. The fourth-order valence-corrected chi connectivity index (χ4v) is 5.98. The predicted octanol–water partition coefficient (Wildman–Crippen LogP) is 6.99. The summed E-state index contributed by atoms with van der Waals surface area (Å²) in [4.78, 5) is 21.9. The lowest BCUT2D eigenvalue weighted by Crippen LogP contribution is -2.27. The van der Waals surface area contributed by atoms with Gasteiger partial charge in [0.05, 0.1) is 25.5 Å².